The molecule has 0 amide bonds. The first-order valence-electron chi connectivity index (χ1n) is 5.52. The van der Waals surface area contributed by atoms with Gasteiger partial charge in [-0.2, -0.15) is 0 Å². The number of rotatable bonds is 3. The zero-order chi connectivity index (χ0) is 10.5. The van der Waals surface area contributed by atoms with Crippen LogP contribution >= 0.6 is 0 Å². The highest BCUT2D eigenvalue weighted by Crippen LogP contribution is 2.21. The molecule has 0 radical (unpaired) electrons. The molecule has 2 N–H and O–H groups in total. The van der Waals surface area contributed by atoms with Crippen LogP contribution in [0.25, 0.3) is 0 Å². The van der Waals surface area contributed by atoms with Gasteiger partial charge in [-0.05, 0) is 25.5 Å². The number of aliphatic hydroxyl groups is 1. The summed E-state index contributed by atoms with van der Waals surface area (Å²) < 4.78 is 0. The Bertz CT molecular complexity index is 310. The van der Waals surface area contributed by atoms with Crippen LogP contribution in [0.5, 0.6) is 0 Å². The van der Waals surface area contributed by atoms with Gasteiger partial charge in [-0.25, -0.2) is 9.97 Å². The highest BCUT2D eigenvalue weighted by atomic mass is 16.3. The fourth-order valence-corrected chi connectivity index (χ4v) is 1.99. The number of piperidine rings is 1. The van der Waals surface area contributed by atoms with Gasteiger partial charge in [0.15, 0.2) is 0 Å². The summed E-state index contributed by atoms with van der Waals surface area (Å²) in [6, 6.07) is 2.02. The average molecular weight is 207 g/mol. The van der Waals surface area contributed by atoms with E-state index < -0.39 is 0 Å². The lowest BCUT2D eigenvalue weighted by Crippen LogP contribution is -2.28. The fourth-order valence-electron chi connectivity index (χ4n) is 1.99. The Balaban J connectivity index is 2.09. The Morgan fingerprint density at radius 2 is 2.40 bits per heavy atom. The summed E-state index contributed by atoms with van der Waals surface area (Å²) in [5.41, 5.74) is 2.05. The molecule has 0 bridgehead atoms. The van der Waals surface area contributed by atoms with Gasteiger partial charge in [0, 0.05) is 36.9 Å². The van der Waals surface area contributed by atoms with Crippen molar-refractivity contribution in [3.8, 4) is 0 Å². The summed E-state index contributed by atoms with van der Waals surface area (Å²) in [6.45, 7) is 2.28. The molecule has 1 aliphatic rings. The third-order valence-corrected chi connectivity index (χ3v) is 2.83. The van der Waals surface area contributed by atoms with Gasteiger partial charge in [0.2, 0.25) is 0 Å². The van der Waals surface area contributed by atoms with Crippen LogP contribution in [0.3, 0.4) is 0 Å². The second kappa shape index (κ2) is 5.19. The molecule has 0 aliphatic carbocycles. The minimum absolute atomic E-state index is 0.152. The van der Waals surface area contributed by atoms with Crippen molar-refractivity contribution in [2.75, 3.05) is 19.7 Å². The number of nitrogens with one attached hydrogen (secondary N) is 1. The lowest BCUT2D eigenvalue weighted by molar-refractivity contribution is 0.298. The van der Waals surface area contributed by atoms with Crippen molar-refractivity contribution in [1.29, 1.82) is 0 Å². The second-order valence-electron chi connectivity index (χ2n) is 3.95. The van der Waals surface area contributed by atoms with Crippen LogP contribution in [0, 0.1) is 0 Å². The number of nitrogens with zero attached hydrogens (tertiary/aromatic N) is 2. The molecule has 2 heterocycles. The van der Waals surface area contributed by atoms with Gasteiger partial charge in [0.25, 0.3) is 0 Å². The Kier molecular flexibility index (Phi) is 3.64. The maximum atomic E-state index is 8.85. The SMILES string of the molecule is OCCc1cc([C@@H]2CCCNC2)ncn1. The summed E-state index contributed by atoms with van der Waals surface area (Å²) in [6.07, 6.45) is 4.64. The van der Waals surface area contributed by atoms with E-state index in [1.807, 2.05) is 6.07 Å². The summed E-state index contributed by atoms with van der Waals surface area (Å²) in [5, 5.41) is 12.2. The first-order chi connectivity index (χ1) is 7.40. The van der Waals surface area contributed by atoms with Crippen molar-refractivity contribution in [1.82, 2.24) is 15.3 Å². The van der Waals surface area contributed by atoms with E-state index >= 15 is 0 Å². The van der Waals surface area contributed by atoms with E-state index in [1.165, 1.54) is 12.8 Å². The highest BCUT2D eigenvalue weighted by Gasteiger charge is 2.16. The monoisotopic (exact) mass is 207 g/mol. The van der Waals surface area contributed by atoms with Crippen molar-refractivity contribution in [3.05, 3.63) is 23.8 Å². The van der Waals surface area contributed by atoms with Crippen molar-refractivity contribution in [3.63, 3.8) is 0 Å². The largest absolute Gasteiger partial charge is 0.396 e. The van der Waals surface area contributed by atoms with E-state index in [4.69, 9.17) is 5.11 Å². The van der Waals surface area contributed by atoms with E-state index in [9.17, 15) is 0 Å². The molecule has 1 saturated heterocycles. The van der Waals surface area contributed by atoms with Crippen molar-refractivity contribution < 1.29 is 5.11 Å². The highest BCUT2D eigenvalue weighted by molar-refractivity contribution is 5.14. The van der Waals surface area contributed by atoms with E-state index in [2.05, 4.69) is 15.3 Å². The normalized spacial score (nSPS) is 21.5. The molecule has 4 heteroatoms. The minimum atomic E-state index is 0.152. The standard InChI is InChI=1S/C11H17N3O/c15-5-3-10-6-11(14-8-13-10)9-2-1-4-12-7-9/h6,8-9,12,15H,1-5,7H2/t9-/m1/s1. The smallest absolute Gasteiger partial charge is 0.115 e. The maximum absolute atomic E-state index is 8.85. The van der Waals surface area contributed by atoms with Gasteiger partial charge in [-0.3, -0.25) is 0 Å². The molecule has 1 fully saturated rings. The van der Waals surface area contributed by atoms with Gasteiger partial charge in [-0.15, -0.1) is 0 Å². The number of aromatic nitrogens is 2. The molecule has 15 heavy (non-hydrogen) atoms. The molecule has 0 saturated carbocycles. The van der Waals surface area contributed by atoms with E-state index in [1.54, 1.807) is 6.33 Å². The molecule has 1 atom stereocenters. The summed E-state index contributed by atoms with van der Waals surface area (Å²) in [5.74, 6) is 0.513. The van der Waals surface area contributed by atoms with Crippen molar-refractivity contribution in [2.45, 2.75) is 25.2 Å². The Morgan fingerprint density at radius 3 is 3.13 bits per heavy atom. The zero-order valence-electron chi connectivity index (χ0n) is 8.82. The molecular formula is C11H17N3O. The molecular weight excluding hydrogens is 190 g/mol. The van der Waals surface area contributed by atoms with Gasteiger partial charge in [-0.1, -0.05) is 0 Å². The van der Waals surface area contributed by atoms with Crippen LogP contribution in [0.2, 0.25) is 0 Å². The van der Waals surface area contributed by atoms with Gasteiger partial charge >= 0.3 is 0 Å². The van der Waals surface area contributed by atoms with E-state index in [0.29, 0.717) is 12.3 Å². The molecule has 4 nitrogen and oxygen atoms in total. The molecule has 1 aromatic heterocycles. The Hall–Kier alpha value is -1.00. The lowest BCUT2D eigenvalue weighted by Gasteiger charge is -2.22. The Labute approximate surface area is 89.8 Å². The fraction of sp³-hybridized carbons (Fsp3) is 0.636. The van der Waals surface area contributed by atoms with Gasteiger partial charge < -0.3 is 10.4 Å². The summed E-state index contributed by atoms with van der Waals surface area (Å²) in [7, 11) is 0. The van der Waals surface area contributed by atoms with Crippen LogP contribution in [0.15, 0.2) is 12.4 Å². The van der Waals surface area contributed by atoms with E-state index in [0.717, 1.165) is 24.5 Å². The predicted octanol–water partition coefficient (Wildman–Crippen LogP) is 0.478. The van der Waals surface area contributed by atoms with Crippen LogP contribution in [0.1, 0.15) is 30.1 Å². The minimum Gasteiger partial charge on any atom is -0.396 e. The first-order valence-corrected chi connectivity index (χ1v) is 5.52. The van der Waals surface area contributed by atoms with Crippen molar-refractivity contribution in [2.24, 2.45) is 0 Å². The first kappa shape index (κ1) is 10.5. The zero-order valence-corrected chi connectivity index (χ0v) is 8.82. The molecule has 2 rings (SSSR count). The predicted molar refractivity (Wildman–Crippen MR) is 57.7 cm³/mol. The molecule has 1 aliphatic heterocycles. The number of hydrogen-bond acceptors (Lipinski definition) is 4. The van der Waals surface area contributed by atoms with Crippen LogP contribution < -0.4 is 5.32 Å². The molecule has 0 unspecified atom stereocenters. The third-order valence-electron chi connectivity index (χ3n) is 2.83. The lowest BCUT2D eigenvalue weighted by atomic mass is 9.95. The Morgan fingerprint density at radius 1 is 1.47 bits per heavy atom. The molecule has 1 aromatic rings. The molecule has 82 valence electrons. The third kappa shape index (κ3) is 2.73. The summed E-state index contributed by atoms with van der Waals surface area (Å²) in [4.78, 5) is 8.45. The van der Waals surface area contributed by atoms with Gasteiger partial charge in [0.05, 0.1) is 0 Å². The number of aliphatic hydroxyl groups excluding tert-OH is 1. The molecule has 0 spiro atoms. The van der Waals surface area contributed by atoms with Crippen LogP contribution in [-0.2, 0) is 6.42 Å². The second-order valence-corrected chi connectivity index (χ2v) is 3.95. The maximum Gasteiger partial charge on any atom is 0.115 e. The average Bonchev–Trinajstić information content (AvgIpc) is 2.31. The number of hydrogen-bond donors (Lipinski definition) is 2. The quantitative estimate of drug-likeness (QED) is 0.757. The van der Waals surface area contributed by atoms with Crippen LogP contribution in [0.4, 0.5) is 0 Å². The summed E-state index contributed by atoms with van der Waals surface area (Å²) >= 11 is 0. The molecule has 0 aromatic carbocycles. The topological polar surface area (TPSA) is 58.0 Å². The van der Waals surface area contributed by atoms with E-state index in [-0.39, 0.29) is 6.61 Å². The van der Waals surface area contributed by atoms with Crippen molar-refractivity contribution >= 4 is 0 Å². The van der Waals surface area contributed by atoms with Gasteiger partial charge in [0.1, 0.15) is 6.33 Å². The van der Waals surface area contributed by atoms with Crippen LogP contribution in [-0.4, -0.2) is 34.8 Å².